The van der Waals surface area contributed by atoms with E-state index in [4.69, 9.17) is 11.6 Å². The van der Waals surface area contributed by atoms with Gasteiger partial charge in [-0.25, -0.2) is 4.68 Å². The molecule has 6 nitrogen and oxygen atoms in total. The molecule has 3 N–H and O–H groups in total. The number of nitrogens with one attached hydrogen (secondary N) is 2. The Balaban J connectivity index is 1.67. The number of aromatic nitrogens is 2. The summed E-state index contributed by atoms with van der Waals surface area (Å²) in [5.74, 6) is -0.790. The first-order chi connectivity index (χ1) is 14.6. The minimum absolute atomic E-state index is 0.0449. The van der Waals surface area contributed by atoms with Gasteiger partial charge in [0, 0.05) is 17.0 Å². The molecule has 0 spiro atoms. The minimum atomic E-state index is -4.57. The summed E-state index contributed by atoms with van der Waals surface area (Å²) >= 11 is 7.66. The minimum Gasteiger partial charge on any atom is -0.389 e. The fourth-order valence-electron chi connectivity index (χ4n) is 3.48. The number of aliphatic hydroxyl groups excluding tert-OH is 1. The van der Waals surface area contributed by atoms with Crippen molar-refractivity contribution < 1.29 is 23.1 Å². The van der Waals surface area contributed by atoms with Crippen molar-refractivity contribution in [2.24, 2.45) is 0 Å². The number of alkyl halides is 3. The monoisotopic (exact) mass is 470 g/mol. The number of amides is 1. The molecule has 0 unspecified atom stereocenters. The second kappa shape index (κ2) is 8.18. The third-order valence-corrected chi connectivity index (χ3v) is 6.37. The fourth-order valence-corrected chi connectivity index (χ4v) is 4.53. The molecule has 11 heteroatoms. The molecule has 1 amide bonds. The number of thiophene rings is 1. The van der Waals surface area contributed by atoms with E-state index in [2.05, 4.69) is 15.7 Å². The van der Waals surface area contributed by atoms with Gasteiger partial charge in [-0.05, 0) is 36.1 Å². The van der Waals surface area contributed by atoms with Gasteiger partial charge < -0.3 is 15.7 Å². The first-order valence-electron chi connectivity index (χ1n) is 9.39. The van der Waals surface area contributed by atoms with Gasteiger partial charge in [0.25, 0.3) is 5.91 Å². The highest BCUT2D eigenvalue weighted by molar-refractivity contribution is 7.10. The van der Waals surface area contributed by atoms with Gasteiger partial charge in [0.05, 0.1) is 12.1 Å². The molecular formula is C20H18ClF3N4O2S. The molecule has 0 radical (unpaired) electrons. The van der Waals surface area contributed by atoms with Crippen LogP contribution in [0.1, 0.15) is 52.5 Å². The van der Waals surface area contributed by atoms with Crippen LogP contribution in [-0.2, 0) is 0 Å². The lowest BCUT2D eigenvalue weighted by atomic mass is 10.0. The van der Waals surface area contributed by atoms with E-state index in [1.54, 1.807) is 48.7 Å². The molecule has 3 atom stereocenters. The number of nitrogens with zero attached hydrogens (tertiary/aromatic N) is 2. The Hall–Kier alpha value is -2.56. The van der Waals surface area contributed by atoms with Gasteiger partial charge in [0.15, 0.2) is 11.7 Å². The van der Waals surface area contributed by atoms with Gasteiger partial charge in [-0.15, -0.1) is 11.3 Å². The van der Waals surface area contributed by atoms with E-state index < -0.39 is 30.3 Å². The highest BCUT2D eigenvalue weighted by atomic mass is 35.5. The summed E-state index contributed by atoms with van der Waals surface area (Å²) in [6.45, 7) is 1.58. The number of aliphatic hydroxyl groups is 1. The highest BCUT2D eigenvalue weighted by Gasteiger charge is 2.48. The zero-order chi connectivity index (χ0) is 22.3. The lowest BCUT2D eigenvalue weighted by Crippen LogP contribution is -2.35. The summed E-state index contributed by atoms with van der Waals surface area (Å²) in [5.41, 5.74) is 0.626. The van der Waals surface area contributed by atoms with Crippen LogP contribution in [-0.4, -0.2) is 27.0 Å². The Kier molecular flexibility index (Phi) is 5.71. The number of halogens is 4. The highest BCUT2D eigenvalue weighted by Crippen LogP contribution is 2.46. The zero-order valence-corrected chi connectivity index (χ0v) is 17.7. The molecule has 3 heterocycles. The molecule has 1 aliphatic rings. The van der Waals surface area contributed by atoms with E-state index in [-0.39, 0.29) is 23.0 Å². The summed E-state index contributed by atoms with van der Waals surface area (Å²) in [6.07, 6.45) is -5.58. The average Bonchev–Trinajstić information content (AvgIpc) is 3.35. The number of benzene rings is 1. The van der Waals surface area contributed by atoms with Crippen LogP contribution in [0.25, 0.3) is 0 Å². The Bertz CT molecular complexity index is 1100. The Morgan fingerprint density at radius 1 is 1.39 bits per heavy atom. The van der Waals surface area contributed by atoms with Crippen LogP contribution in [0.3, 0.4) is 0 Å². The van der Waals surface area contributed by atoms with Crippen molar-refractivity contribution in [3.8, 4) is 0 Å². The molecule has 3 aromatic rings. The third kappa shape index (κ3) is 4.28. The number of anilines is 2. The van der Waals surface area contributed by atoms with Crippen molar-refractivity contribution in [1.82, 2.24) is 9.78 Å². The third-order valence-electron chi connectivity index (χ3n) is 5.02. The van der Waals surface area contributed by atoms with E-state index >= 15 is 0 Å². The van der Waals surface area contributed by atoms with Crippen molar-refractivity contribution in [3.05, 3.63) is 62.9 Å². The Morgan fingerprint density at radius 2 is 2.16 bits per heavy atom. The lowest BCUT2D eigenvalue weighted by molar-refractivity contribution is -0.173. The number of hydrogen-bond donors (Lipinski definition) is 3. The predicted molar refractivity (Wildman–Crippen MR) is 113 cm³/mol. The quantitative estimate of drug-likeness (QED) is 0.466. The summed E-state index contributed by atoms with van der Waals surface area (Å²) in [6, 6.07) is 7.47. The Labute approximate surface area is 184 Å². The van der Waals surface area contributed by atoms with Gasteiger partial charge in [0.1, 0.15) is 10.8 Å². The molecule has 164 valence electrons. The van der Waals surface area contributed by atoms with Gasteiger partial charge in [-0.2, -0.15) is 18.3 Å². The van der Waals surface area contributed by atoms with E-state index in [1.807, 2.05) is 0 Å². The average molecular weight is 471 g/mol. The van der Waals surface area contributed by atoms with Crippen molar-refractivity contribution >= 4 is 40.4 Å². The van der Waals surface area contributed by atoms with Gasteiger partial charge in [-0.1, -0.05) is 29.8 Å². The van der Waals surface area contributed by atoms with Crippen molar-refractivity contribution in [3.63, 3.8) is 0 Å². The molecule has 0 bridgehead atoms. The predicted octanol–water partition coefficient (Wildman–Crippen LogP) is 5.56. The molecule has 0 saturated carbocycles. The van der Waals surface area contributed by atoms with Crippen LogP contribution in [0.4, 0.5) is 24.7 Å². The van der Waals surface area contributed by atoms with E-state index in [1.165, 1.54) is 11.3 Å². The number of carbonyl (C=O) groups is 1. The summed E-state index contributed by atoms with van der Waals surface area (Å²) in [4.78, 5) is 13.5. The molecule has 2 aromatic heterocycles. The molecule has 1 aliphatic heterocycles. The maximum atomic E-state index is 13.8. The van der Waals surface area contributed by atoms with Crippen LogP contribution in [0.5, 0.6) is 0 Å². The SMILES string of the molecule is C[C@H](O)c1cccc(NC(=O)c2nn3c(c2Cl)N[C@@H](c2cccs2)C[C@@H]3C(F)(F)F)c1. The second-order valence-electron chi connectivity index (χ2n) is 7.22. The largest absolute Gasteiger partial charge is 0.410 e. The number of hydrogen-bond acceptors (Lipinski definition) is 5. The van der Waals surface area contributed by atoms with Crippen LogP contribution in [0.15, 0.2) is 41.8 Å². The molecule has 4 rings (SSSR count). The first kappa shape index (κ1) is 21.7. The van der Waals surface area contributed by atoms with E-state index in [0.717, 1.165) is 9.56 Å². The lowest BCUT2D eigenvalue weighted by Gasteiger charge is -2.32. The summed E-state index contributed by atoms with van der Waals surface area (Å²) in [7, 11) is 0. The van der Waals surface area contributed by atoms with E-state index in [9.17, 15) is 23.1 Å². The summed E-state index contributed by atoms with van der Waals surface area (Å²) in [5, 5.41) is 20.8. The fraction of sp³-hybridized carbons (Fsp3) is 0.300. The number of fused-ring (bicyclic) bond motifs is 1. The normalized spacial score (nSPS) is 19.4. The van der Waals surface area contributed by atoms with Crippen LogP contribution in [0.2, 0.25) is 5.02 Å². The molecule has 1 aromatic carbocycles. The van der Waals surface area contributed by atoms with Crippen LogP contribution in [0, 0.1) is 0 Å². The zero-order valence-electron chi connectivity index (χ0n) is 16.2. The van der Waals surface area contributed by atoms with Crippen molar-refractivity contribution in [1.29, 1.82) is 0 Å². The smallest absolute Gasteiger partial charge is 0.389 e. The molecular weight excluding hydrogens is 453 g/mol. The number of carbonyl (C=O) groups excluding carboxylic acids is 1. The van der Waals surface area contributed by atoms with Crippen molar-refractivity contribution in [2.45, 2.75) is 37.7 Å². The van der Waals surface area contributed by atoms with Gasteiger partial charge in [0.2, 0.25) is 0 Å². The van der Waals surface area contributed by atoms with Gasteiger partial charge >= 0.3 is 6.18 Å². The Morgan fingerprint density at radius 3 is 2.81 bits per heavy atom. The van der Waals surface area contributed by atoms with Crippen molar-refractivity contribution in [2.75, 3.05) is 10.6 Å². The summed E-state index contributed by atoms with van der Waals surface area (Å²) < 4.78 is 42.1. The van der Waals surface area contributed by atoms with Crippen LogP contribution < -0.4 is 10.6 Å². The second-order valence-corrected chi connectivity index (χ2v) is 8.57. The van der Waals surface area contributed by atoms with Gasteiger partial charge in [-0.3, -0.25) is 4.79 Å². The maximum Gasteiger partial charge on any atom is 0.410 e. The molecule has 0 saturated heterocycles. The maximum absolute atomic E-state index is 13.8. The van der Waals surface area contributed by atoms with Crippen LogP contribution >= 0.6 is 22.9 Å². The topological polar surface area (TPSA) is 79.2 Å². The molecule has 0 fully saturated rings. The molecule has 0 aliphatic carbocycles. The standard InChI is InChI=1S/C20H18ClF3N4O2S/c1-10(29)11-4-2-5-12(8-11)25-19(30)17-16(21)18-26-13(14-6-3-7-31-14)9-15(20(22,23)24)28(18)27-17/h2-8,10,13,15,26,29H,9H2,1H3,(H,25,30)/t10-,13+,15+/m0/s1. The van der Waals surface area contributed by atoms with E-state index in [0.29, 0.717) is 11.3 Å². The number of rotatable bonds is 4. The molecule has 31 heavy (non-hydrogen) atoms. The first-order valence-corrected chi connectivity index (χ1v) is 10.6.